The molecule has 0 saturated heterocycles. The van der Waals surface area contributed by atoms with E-state index in [-0.39, 0.29) is 10.6 Å². The monoisotopic (exact) mass is 357 g/mol. The first-order chi connectivity index (χ1) is 11.8. The number of methoxy groups -OCH3 is 1. The van der Waals surface area contributed by atoms with E-state index < -0.39 is 10.1 Å². The molecule has 130 valence electrons. The summed E-state index contributed by atoms with van der Waals surface area (Å²) in [5.74, 6) is 0.855. The fourth-order valence-corrected chi connectivity index (χ4v) is 3.94. The van der Waals surface area contributed by atoms with Crippen LogP contribution in [0.4, 0.5) is 0 Å². The fourth-order valence-electron chi connectivity index (χ4n) is 2.70. The second-order valence-electron chi connectivity index (χ2n) is 5.91. The van der Waals surface area contributed by atoms with Crippen LogP contribution in [0, 0.1) is 20.8 Å². The first kappa shape index (κ1) is 17.2. The lowest BCUT2D eigenvalue weighted by atomic mass is 10.1. The number of hydrogen-bond donors (Lipinski definition) is 0. The van der Waals surface area contributed by atoms with Gasteiger partial charge in [0.1, 0.15) is 16.2 Å². The molecule has 0 N–H and O–H groups in total. The predicted molar refractivity (Wildman–Crippen MR) is 96.8 cm³/mol. The number of nitrogens with zero attached hydrogens (tertiary/aromatic N) is 1. The maximum atomic E-state index is 12.8. The van der Waals surface area contributed by atoms with Crippen molar-refractivity contribution in [3.05, 3.63) is 59.3 Å². The molecule has 0 radical (unpaired) electrons. The van der Waals surface area contributed by atoms with Crippen molar-refractivity contribution in [3.8, 4) is 11.5 Å². The van der Waals surface area contributed by atoms with Crippen molar-refractivity contribution < 1.29 is 17.3 Å². The number of rotatable bonds is 4. The lowest BCUT2D eigenvalue weighted by Crippen LogP contribution is -2.12. The first-order valence-electron chi connectivity index (χ1n) is 7.78. The van der Waals surface area contributed by atoms with Crippen LogP contribution in [0.15, 0.2) is 47.4 Å². The van der Waals surface area contributed by atoms with E-state index in [2.05, 4.69) is 4.98 Å². The van der Waals surface area contributed by atoms with Crippen LogP contribution in [0.3, 0.4) is 0 Å². The lowest BCUT2D eigenvalue weighted by molar-refractivity contribution is 0.410. The number of fused-ring (bicyclic) bond motifs is 1. The zero-order valence-electron chi connectivity index (χ0n) is 14.5. The largest absolute Gasteiger partial charge is 0.496 e. The van der Waals surface area contributed by atoms with Crippen LogP contribution in [0.5, 0.6) is 11.5 Å². The highest BCUT2D eigenvalue weighted by atomic mass is 32.2. The average Bonchev–Trinajstić information content (AvgIpc) is 2.56. The summed E-state index contributed by atoms with van der Waals surface area (Å²) in [4.78, 5) is 4.53. The van der Waals surface area contributed by atoms with Crippen molar-refractivity contribution in [1.82, 2.24) is 4.98 Å². The SMILES string of the molecule is COc1cc(C)c(S(=O)(=O)Oc2cccc3ccc(C)nc23)cc1C. The molecule has 0 fully saturated rings. The second kappa shape index (κ2) is 6.37. The van der Waals surface area contributed by atoms with Crippen LogP contribution < -0.4 is 8.92 Å². The molecular weight excluding hydrogens is 338 g/mol. The van der Waals surface area contributed by atoms with E-state index in [4.69, 9.17) is 8.92 Å². The molecule has 0 aliphatic carbocycles. The summed E-state index contributed by atoms with van der Waals surface area (Å²) < 4.78 is 36.3. The van der Waals surface area contributed by atoms with E-state index in [1.807, 2.05) is 25.1 Å². The Hall–Kier alpha value is -2.60. The van der Waals surface area contributed by atoms with Gasteiger partial charge in [-0.05, 0) is 56.2 Å². The minimum Gasteiger partial charge on any atom is -0.496 e. The Kier molecular flexibility index (Phi) is 4.39. The number of benzene rings is 2. The quantitative estimate of drug-likeness (QED) is 0.662. The van der Waals surface area contributed by atoms with Crippen LogP contribution in [-0.2, 0) is 10.1 Å². The summed E-state index contributed by atoms with van der Waals surface area (Å²) >= 11 is 0. The normalized spacial score (nSPS) is 11.5. The summed E-state index contributed by atoms with van der Waals surface area (Å²) in [6.07, 6.45) is 0. The molecule has 5 nitrogen and oxygen atoms in total. The number of hydrogen-bond acceptors (Lipinski definition) is 5. The van der Waals surface area contributed by atoms with Crippen molar-refractivity contribution in [3.63, 3.8) is 0 Å². The molecule has 0 saturated carbocycles. The Labute approximate surface area is 147 Å². The van der Waals surface area contributed by atoms with Gasteiger partial charge in [0.15, 0.2) is 5.75 Å². The van der Waals surface area contributed by atoms with Gasteiger partial charge in [-0.15, -0.1) is 0 Å². The zero-order chi connectivity index (χ0) is 18.2. The maximum absolute atomic E-state index is 12.8. The van der Waals surface area contributed by atoms with E-state index in [0.717, 1.165) is 16.6 Å². The molecule has 0 atom stereocenters. The number of para-hydroxylation sites is 1. The maximum Gasteiger partial charge on any atom is 0.339 e. The summed E-state index contributed by atoms with van der Waals surface area (Å²) in [5, 5.41) is 0.820. The van der Waals surface area contributed by atoms with Gasteiger partial charge in [-0.2, -0.15) is 8.42 Å². The average molecular weight is 357 g/mol. The Morgan fingerprint density at radius 1 is 0.920 bits per heavy atom. The first-order valence-corrected chi connectivity index (χ1v) is 9.19. The highest BCUT2D eigenvalue weighted by molar-refractivity contribution is 7.87. The van der Waals surface area contributed by atoms with Crippen LogP contribution >= 0.6 is 0 Å². The van der Waals surface area contributed by atoms with E-state index in [9.17, 15) is 8.42 Å². The van der Waals surface area contributed by atoms with Gasteiger partial charge in [0, 0.05) is 11.1 Å². The highest BCUT2D eigenvalue weighted by Crippen LogP contribution is 2.30. The van der Waals surface area contributed by atoms with Gasteiger partial charge in [-0.25, -0.2) is 4.98 Å². The number of ether oxygens (including phenoxy) is 1. The minimum absolute atomic E-state index is 0.121. The summed E-state index contributed by atoms with van der Waals surface area (Å²) in [6, 6.07) is 12.2. The summed E-state index contributed by atoms with van der Waals surface area (Å²) in [6.45, 7) is 5.35. The van der Waals surface area contributed by atoms with Gasteiger partial charge in [0.25, 0.3) is 0 Å². The van der Waals surface area contributed by atoms with Gasteiger partial charge in [-0.1, -0.05) is 18.2 Å². The Bertz CT molecular complexity index is 1060. The van der Waals surface area contributed by atoms with Gasteiger partial charge in [0.2, 0.25) is 0 Å². The molecule has 3 aromatic rings. The number of aromatic nitrogens is 1. The highest BCUT2D eigenvalue weighted by Gasteiger charge is 2.22. The molecule has 2 aromatic carbocycles. The van der Waals surface area contributed by atoms with Gasteiger partial charge < -0.3 is 8.92 Å². The fraction of sp³-hybridized carbons (Fsp3) is 0.211. The molecule has 0 spiro atoms. The Morgan fingerprint density at radius 2 is 1.68 bits per heavy atom. The van der Waals surface area contributed by atoms with Crippen LogP contribution in [0.25, 0.3) is 10.9 Å². The lowest BCUT2D eigenvalue weighted by Gasteiger charge is -2.13. The predicted octanol–water partition coefficient (Wildman–Crippen LogP) is 3.94. The molecule has 0 aliphatic rings. The van der Waals surface area contributed by atoms with Gasteiger partial charge in [0.05, 0.1) is 7.11 Å². The van der Waals surface area contributed by atoms with Crippen LogP contribution in [-0.4, -0.2) is 20.5 Å². The Morgan fingerprint density at radius 3 is 2.40 bits per heavy atom. The van der Waals surface area contributed by atoms with E-state index in [0.29, 0.717) is 16.8 Å². The topological polar surface area (TPSA) is 65.5 Å². The summed E-state index contributed by atoms with van der Waals surface area (Å²) in [5.41, 5.74) is 2.60. The standard InChI is InChI=1S/C19H19NO4S/c1-12-11-18(13(2)10-17(12)23-4)25(21,22)24-16-7-5-6-15-9-8-14(3)20-19(15)16/h5-11H,1-4H3. The smallest absolute Gasteiger partial charge is 0.339 e. The molecule has 6 heteroatoms. The molecule has 3 rings (SSSR count). The van der Waals surface area contributed by atoms with Crippen molar-refractivity contribution in [1.29, 1.82) is 0 Å². The van der Waals surface area contributed by atoms with Crippen molar-refractivity contribution >= 4 is 21.0 Å². The third-order valence-corrected chi connectivity index (χ3v) is 5.36. The zero-order valence-corrected chi connectivity index (χ0v) is 15.3. The van der Waals surface area contributed by atoms with E-state index in [1.165, 1.54) is 0 Å². The molecule has 0 amide bonds. The minimum atomic E-state index is -3.99. The van der Waals surface area contributed by atoms with Crippen molar-refractivity contribution in [2.75, 3.05) is 7.11 Å². The molecule has 1 heterocycles. The van der Waals surface area contributed by atoms with Crippen molar-refractivity contribution in [2.45, 2.75) is 25.7 Å². The molecule has 0 aliphatic heterocycles. The third-order valence-electron chi connectivity index (χ3n) is 3.98. The molecule has 0 unspecified atom stereocenters. The van der Waals surface area contributed by atoms with Crippen molar-refractivity contribution in [2.24, 2.45) is 0 Å². The van der Waals surface area contributed by atoms with Crippen LogP contribution in [0.1, 0.15) is 16.8 Å². The summed E-state index contributed by atoms with van der Waals surface area (Å²) in [7, 11) is -2.44. The van der Waals surface area contributed by atoms with Crippen LogP contribution in [0.2, 0.25) is 0 Å². The third kappa shape index (κ3) is 3.30. The second-order valence-corrected chi connectivity index (χ2v) is 7.42. The Balaban J connectivity index is 2.09. The van der Waals surface area contributed by atoms with Gasteiger partial charge in [-0.3, -0.25) is 0 Å². The molecule has 1 aromatic heterocycles. The van der Waals surface area contributed by atoms with E-state index >= 15 is 0 Å². The molecule has 0 bridgehead atoms. The number of aryl methyl sites for hydroxylation is 3. The van der Waals surface area contributed by atoms with Gasteiger partial charge >= 0.3 is 10.1 Å². The molecular formula is C19H19NO4S. The van der Waals surface area contributed by atoms with E-state index in [1.54, 1.807) is 45.2 Å². The number of pyridine rings is 1. The molecule has 25 heavy (non-hydrogen) atoms.